The number of hydrogen-bond acceptors (Lipinski definition) is 2. The van der Waals surface area contributed by atoms with Crippen molar-refractivity contribution in [1.82, 2.24) is 0 Å². The van der Waals surface area contributed by atoms with Gasteiger partial charge in [-0.25, -0.2) is 0 Å². The minimum Gasteiger partial charge on any atom is -0.298 e. The lowest BCUT2D eigenvalue weighted by atomic mass is 10.3. The van der Waals surface area contributed by atoms with Gasteiger partial charge in [0.05, 0.1) is 0 Å². The van der Waals surface area contributed by atoms with E-state index in [0.717, 1.165) is 25.9 Å². The molecule has 0 unspecified atom stereocenters. The summed E-state index contributed by atoms with van der Waals surface area (Å²) in [6, 6.07) is 0. The van der Waals surface area contributed by atoms with Gasteiger partial charge >= 0.3 is 0 Å². The van der Waals surface area contributed by atoms with Gasteiger partial charge in [0, 0.05) is 13.1 Å². The Morgan fingerprint density at radius 3 is 1.60 bits per heavy atom. The second-order valence-corrected chi connectivity index (χ2v) is 2.04. The molecule has 0 saturated heterocycles. The van der Waals surface area contributed by atoms with Gasteiger partial charge in [0.1, 0.15) is 0 Å². The van der Waals surface area contributed by atoms with Crippen molar-refractivity contribution < 1.29 is 0 Å². The smallest absolute Gasteiger partial charge is 0.0385 e. The molecule has 0 rings (SSSR count). The minimum atomic E-state index is 0.954. The van der Waals surface area contributed by atoms with Gasteiger partial charge in [-0.15, -0.1) is 0 Å². The minimum absolute atomic E-state index is 0.954. The molecule has 0 amide bonds. The first kappa shape index (κ1) is 9.34. The topological polar surface area (TPSA) is 24.7 Å². The van der Waals surface area contributed by atoms with E-state index in [2.05, 4.69) is 9.98 Å². The van der Waals surface area contributed by atoms with Crippen molar-refractivity contribution in [2.75, 3.05) is 13.1 Å². The van der Waals surface area contributed by atoms with Crippen molar-refractivity contribution >= 4 is 12.4 Å². The van der Waals surface area contributed by atoms with Crippen LogP contribution < -0.4 is 0 Å². The highest BCUT2D eigenvalue weighted by Gasteiger charge is 1.81. The average molecular weight is 140 g/mol. The zero-order valence-corrected chi connectivity index (χ0v) is 6.88. The molecule has 0 atom stereocenters. The highest BCUT2D eigenvalue weighted by Crippen LogP contribution is 1.88. The van der Waals surface area contributed by atoms with E-state index >= 15 is 0 Å². The van der Waals surface area contributed by atoms with Gasteiger partial charge in [0.2, 0.25) is 0 Å². The van der Waals surface area contributed by atoms with E-state index in [9.17, 15) is 0 Å². The number of nitrogens with zero attached hydrogens (tertiary/aromatic N) is 2. The summed E-state index contributed by atoms with van der Waals surface area (Å²) in [7, 11) is 0. The Bertz CT molecular complexity index is 91.8. The van der Waals surface area contributed by atoms with Gasteiger partial charge in [-0.2, -0.15) is 0 Å². The van der Waals surface area contributed by atoms with E-state index < -0.39 is 0 Å². The maximum absolute atomic E-state index is 4.09. The molecule has 0 aliphatic rings. The lowest BCUT2D eigenvalue weighted by Crippen LogP contribution is -1.85. The molecule has 2 heteroatoms. The van der Waals surface area contributed by atoms with Crippen molar-refractivity contribution in [2.24, 2.45) is 9.98 Å². The standard InChI is InChI=1S/C8H16N2/c1-3-9-7-5-6-8-10-4-2/h3-4H,5-8H2,1-2H3. The summed E-state index contributed by atoms with van der Waals surface area (Å²) >= 11 is 0. The van der Waals surface area contributed by atoms with Crippen LogP contribution in [-0.2, 0) is 0 Å². The maximum Gasteiger partial charge on any atom is 0.0385 e. The summed E-state index contributed by atoms with van der Waals surface area (Å²) in [5, 5.41) is 0. The zero-order chi connectivity index (χ0) is 7.66. The lowest BCUT2D eigenvalue weighted by molar-refractivity contribution is 0.759. The first-order valence-electron chi connectivity index (χ1n) is 3.80. The van der Waals surface area contributed by atoms with Gasteiger partial charge in [-0.3, -0.25) is 9.98 Å². The van der Waals surface area contributed by atoms with Crippen molar-refractivity contribution in [3.63, 3.8) is 0 Å². The Labute approximate surface area is 63.1 Å². The molecule has 0 heterocycles. The van der Waals surface area contributed by atoms with Crippen LogP contribution in [0, 0.1) is 0 Å². The molecule has 0 aromatic carbocycles. The first-order valence-corrected chi connectivity index (χ1v) is 3.80. The zero-order valence-electron chi connectivity index (χ0n) is 6.88. The Morgan fingerprint density at radius 1 is 0.900 bits per heavy atom. The van der Waals surface area contributed by atoms with E-state index in [1.165, 1.54) is 0 Å². The summed E-state index contributed by atoms with van der Waals surface area (Å²) in [5.74, 6) is 0. The fourth-order valence-electron chi connectivity index (χ4n) is 0.664. The van der Waals surface area contributed by atoms with E-state index in [1.54, 1.807) is 0 Å². The maximum atomic E-state index is 4.09. The molecule has 0 radical (unpaired) electrons. The molecule has 10 heavy (non-hydrogen) atoms. The van der Waals surface area contributed by atoms with Crippen LogP contribution in [0.1, 0.15) is 26.7 Å². The average Bonchev–Trinajstić information content (AvgIpc) is 1.97. The van der Waals surface area contributed by atoms with Crippen LogP contribution in [0.3, 0.4) is 0 Å². The summed E-state index contributed by atoms with van der Waals surface area (Å²) < 4.78 is 0. The van der Waals surface area contributed by atoms with Crippen LogP contribution in [0.15, 0.2) is 9.98 Å². The van der Waals surface area contributed by atoms with Crippen LogP contribution in [0.4, 0.5) is 0 Å². The Morgan fingerprint density at radius 2 is 1.30 bits per heavy atom. The summed E-state index contributed by atoms with van der Waals surface area (Å²) in [5.41, 5.74) is 0. The van der Waals surface area contributed by atoms with E-state index in [1.807, 2.05) is 26.3 Å². The Kier molecular flexibility index (Phi) is 7.79. The molecule has 0 aliphatic heterocycles. The van der Waals surface area contributed by atoms with Gasteiger partial charge < -0.3 is 0 Å². The van der Waals surface area contributed by atoms with E-state index in [-0.39, 0.29) is 0 Å². The third kappa shape index (κ3) is 7.34. The molecule has 0 aromatic heterocycles. The first-order chi connectivity index (χ1) is 4.91. The molecule has 0 N–H and O–H groups in total. The predicted octanol–water partition coefficient (Wildman–Crippen LogP) is 1.95. The Hall–Kier alpha value is -0.660. The molecule has 0 aliphatic carbocycles. The molecule has 0 aromatic rings. The van der Waals surface area contributed by atoms with E-state index in [4.69, 9.17) is 0 Å². The fraction of sp³-hybridized carbons (Fsp3) is 0.750. The summed E-state index contributed by atoms with van der Waals surface area (Å²) in [6.07, 6.45) is 6.01. The lowest BCUT2D eigenvalue weighted by Gasteiger charge is -1.91. The molecular weight excluding hydrogens is 124 g/mol. The molecule has 58 valence electrons. The summed E-state index contributed by atoms with van der Waals surface area (Å²) in [6.45, 7) is 5.81. The highest BCUT2D eigenvalue weighted by molar-refractivity contribution is 5.53. The number of aliphatic imine (C=N–C) groups is 2. The molecule has 0 fully saturated rings. The van der Waals surface area contributed by atoms with Crippen LogP contribution in [0.25, 0.3) is 0 Å². The third-order valence-electron chi connectivity index (χ3n) is 1.19. The van der Waals surface area contributed by atoms with Gasteiger partial charge in [0.15, 0.2) is 0 Å². The third-order valence-corrected chi connectivity index (χ3v) is 1.19. The molecular formula is C8H16N2. The van der Waals surface area contributed by atoms with E-state index in [0.29, 0.717) is 0 Å². The summed E-state index contributed by atoms with van der Waals surface area (Å²) in [4.78, 5) is 8.19. The Balaban J connectivity index is 2.90. The number of hydrogen-bond donors (Lipinski definition) is 0. The second kappa shape index (κ2) is 8.34. The van der Waals surface area contributed by atoms with Crippen molar-refractivity contribution in [1.29, 1.82) is 0 Å². The second-order valence-electron chi connectivity index (χ2n) is 2.04. The van der Waals surface area contributed by atoms with Crippen LogP contribution in [-0.4, -0.2) is 25.5 Å². The van der Waals surface area contributed by atoms with Crippen LogP contribution in [0.2, 0.25) is 0 Å². The quantitative estimate of drug-likeness (QED) is 0.412. The molecule has 0 bridgehead atoms. The molecule has 0 spiro atoms. The highest BCUT2D eigenvalue weighted by atomic mass is 14.7. The van der Waals surface area contributed by atoms with Gasteiger partial charge in [0.25, 0.3) is 0 Å². The SMILES string of the molecule is CC=NCCCCN=CC. The molecule has 0 saturated carbocycles. The number of unbranched alkanes of at least 4 members (excludes halogenated alkanes) is 1. The monoisotopic (exact) mass is 140 g/mol. The molecule has 2 nitrogen and oxygen atoms in total. The number of rotatable bonds is 5. The van der Waals surface area contributed by atoms with Crippen LogP contribution >= 0.6 is 0 Å². The van der Waals surface area contributed by atoms with Gasteiger partial charge in [-0.1, -0.05) is 0 Å². The predicted molar refractivity (Wildman–Crippen MR) is 47.3 cm³/mol. The van der Waals surface area contributed by atoms with Gasteiger partial charge in [-0.05, 0) is 39.1 Å². The van der Waals surface area contributed by atoms with Crippen molar-refractivity contribution in [3.05, 3.63) is 0 Å². The normalized spacial score (nSPS) is 11.8. The van der Waals surface area contributed by atoms with Crippen molar-refractivity contribution in [2.45, 2.75) is 26.7 Å². The largest absolute Gasteiger partial charge is 0.298 e. The van der Waals surface area contributed by atoms with Crippen molar-refractivity contribution in [3.8, 4) is 0 Å². The fourth-order valence-corrected chi connectivity index (χ4v) is 0.664. The van der Waals surface area contributed by atoms with Crippen LogP contribution in [0.5, 0.6) is 0 Å².